The van der Waals surface area contributed by atoms with Gasteiger partial charge in [0, 0.05) is 5.56 Å². The van der Waals surface area contributed by atoms with E-state index in [2.05, 4.69) is 31.0 Å². The normalized spacial score (nSPS) is 21.6. The molecule has 2 aromatic rings. The van der Waals surface area contributed by atoms with Gasteiger partial charge in [0.05, 0.1) is 0 Å². The molecule has 1 fully saturated rings. The van der Waals surface area contributed by atoms with E-state index in [1.54, 1.807) is 0 Å². The molecule has 1 atom stereocenters. The summed E-state index contributed by atoms with van der Waals surface area (Å²) < 4.78 is 26.6. The van der Waals surface area contributed by atoms with Crippen molar-refractivity contribution in [3.8, 4) is 11.1 Å². The van der Waals surface area contributed by atoms with E-state index in [0.717, 1.165) is 23.5 Å². The summed E-state index contributed by atoms with van der Waals surface area (Å²) >= 11 is 5.98. The lowest BCUT2D eigenvalue weighted by molar-refractivity contribution is 0.239. The zero-order valence-electron chi connectivity index (χ0n) is 15.4. The average Bonchev–Trinajstić information content (AvgIpc) is 2.65. The fourth-order valence-corrected chi connectivity index (χ4v) is 4.51. The summed E-state index contributed by atoms with van der Waals surface area (Å²) in [4.78, 5) is 3.43. The number of hydrogen-bond acceptors (Lipinski definition) is 1. The summed E-state index contributed by atoms with van der Waals surface area (Å²) in [7, 11) is 0. The molecular formula is C22H26ClF2N. The maximum Gasteiger partial charge on any atom is 0.250 e. The molecular weight excluding hydrogens is 352 g/mol. The highest BCUT2D eigenvalue weighted by molar-refractivity contribution is 6.32. The minimum absolute atomic E-state index is 0.0149. The molecule has 1 heterocycles. The van der Waals surface area contributed by atoms with Crippen LogP contribution in [0, 0.1) is 23.6 Å². The van der Waals surface area contributed by atoms with Crippen molar-refractivity contribution >= 4 is 11.6 Å². The number of rotatable bonds is 5. The van der Waals surface area contributed by atoms with Crippen LogP contribution in [0.4, 0.5) is 8.78 Å². The number of halogens is 3. The van der Waals surface area contributed by atoms with Crippen molar-refractivity contribution in [2.45, 2.75) is 58.3 Å². The van der Waals surface area contributed by atoms with Crippen LogP contribution in [-0.2, 0) is 0 Å². The Bertz CT molecular complexity index is 737. The van der Waals surface area contributed by atoms with Gasteiger partial charge in [-0.2, -0.15) is 4.39 Å². The maximum atomic E-state index is 13.5. The van der Waals surface area contributed by atoms with Gasteiger partial charge in [-0.1, -0.05) is 75.4 Å². The number of pyridine rings is 1. The molecule has 0 N–H and O–H groups in total. The van der Waals surface area contributed by atoms with Crippen molar-refractivity contribution in [3.63, 3.8) is 0 Å². The first kappa shape index (κ1) is 19.3. The molecule has 1 aromatic carbocycles. The van der Waals surface area contributed by atoms with Gasteiger partial charge in [-0.3, -0.25) is 0 Å². The molecule has 0 bridgehead atoms. The number of benzene rings is 1. The van der Waals surface area contributed by atoms with Crippen LogP contribution in [0.15, 0.2) is 30.3 Å². The van der Waals surface area contributed by atoms with Crippen LogP contribution >= 0.6 is 11.6 Å². The Kier molecular flexibility index (Phi) is 6.29. The molecule has 1 aliphatic carbocycles. The Labute approximate surface area is 159 Å². The van der Waals surface area contributed by atoms with Crippen LogP contribution < -0.4 is 0 Å². The number of nitrogens with zero attached hydrogens (tertiary/aromatic N) is 1. The van der Waals surface area contributed by atoms with Gasteiger partial charge in [-0.15, -0.1) is 0 Å². The molecule has 0 saturated heterocycles. The molecule has 1 unspecified atom stereocenters. The topological polar surface area (TPSA) is 12.9 Å². The minimum atomic E-state index is -1.16. The van der Waals surface area contributed by atoms with Gasteiger partial charge in [0.25, 0.3) is 0 Å². The van der Waals surface area contributed by atoms with Gasteiger partial charge in [0.2, 0.25) is 5.95 Å². The monoisotopic (exact) mass is 377 g/mol. The first-order valence-corrected chi connectivity index (χ1v) is 9.99. The van der Waals surface area contributed by atoms with E-state index in [-0.39, 0.29) is 5.15 Å². The Balaban J connectivity index is 1.71. The predicted molar refractivity (Wildman–Crippen MR) is 103 cm³/mol. The SMILES string of the molecule is CCCC1CCC(C(C)c2ccc(-c3cc(F)c(F)nc3Cl)cc2)CC1. The van der Waals surface area contributed by atoms with Crippen LogP contribution in [0.2, 0.25) is 5.15 Å². The Morgan fingerprint density at radius 2 is 1.77 bits per heavy atom. The smallest absolute Gasteiger partial charge is 0.205 e. The molecule has 1 nitrogen and oxygen atoms in total. The lowest BCUT2D eigenvalue weighted by Gasteiger charge is -2.32. The highest BCUT2D eigenvalue weighted by atomic mass is 35.5. The molecule has 3 rings (SSSR count). The number of aromatic nitrogens is 1. The standard InChI is InChI=1S/C22H26ClF2N/c1-3-4-15-5-7-16(8-6-15)14(2)17-9-11-18(12-10-17)19-13-20(24)22(25)26-21(19)23/h9-16H,3-8H2,1-2H3. The van der Waals surface area contributed by atoms with E-state index >= 15 is 0 Å². The van der Waals surface area contributed by atoms with Gasteiger partial charge in [-0.25, -0.2) is 9.37 Å². The average molecular weight is 378 g/mol. The summed E-state index contributed by atoms with van der Waals surface area (Å²) in [6.45, 7) is 4.57. The number of hydrogen-bond donors (Lipinski definition) is 0. The highest BCUT2D eigenvalue weighted by Crippen LogP contribution is 2.40. The maximum absolute atomic E-state index is 13.5. The lowest BCUT2D eigenvalue weighted by Crippen LogP contribution is -2.19. The van der Waals surface area contributed by atoms with Crippen molar-refractivity contribution < 1.29 is 8.78 Å². The first-order chi connectivity index (χ1) is 12.5. The summed E-state index contributed by atoms with van der Waals surface area (Å²) in [6, 6.07) is 9.12. The fourth-order valence-electron chi connectivity index (χ4n) is 4.27. The van der Waals surface area contributed by atoms with Crippen molar-refractivity contribution in [2.75, 3.05) is 0 Å². The van der Waals surface area contributed by atoms with Crippen molar-refractivity contribution in [1.82, 2.24) is 4.98 Å². The van der Waals surface area contributed by atoms with E-state index in [1.165, 1.54) is 44.1 Å². The molecule has 1 aromatic heterocycles. The molecule has 0 spiro atoms. The Morgan fingerprint density at radius 3 is 2.38 bits per heavy atom. The summed E-state index contributed by atoms with van der Waals surface area (Å²) in [5, 5.41) is -0.0149. The van der Waals surface area contributed by atoms with Crippen LogP contribution in [0.3, 0.4) is 0 Å². The van der Waals surface area contributed by atoms with E-state index in [1.807, 2.05) is 12.1 Å². The summed E-state index contributed by atoms with van der Waals surface area (Å²) in [5.74, 6) is -0.00477. The van der Waals surface area contributed by atoms with E-state index < -0.39 is 11.8 Å². The zero-order valence-corrected chi connectivity index (χ0v) is 16.2. The molecule has 1 saturated carbocycles. The van der Waals surface area contributed by atoms with E-state index in [0.29, 0.717) is 11.5 Å². The summed E-state index contributed by atoms with van der Waals surface area (Å²) in [5.41, 5.74) is 2.47. The van der Waals surface area contributed by atoms with Crippen molar-refractivity contribution in [1.29, 1.82) is 0 Å². The largest absolute Gasteiger partial charge is 0.250 e. The van der Waals surface area contributed by atoms with Gasteiger partial charge in [-0.05, 0) is 47.8 Å². The second kappa shape index (κ2) is 8.47. The van der Waals surface area contributed by atoms with Crippen molar-refractivity contribution in [2.24, 2.45) is 11.8 Å². The molecule has 0 radical (unpaired) electrons. The van der Waals surface area contributed by atoms with Gasteiger partial charge in [0.1, 0.15) is 5.15 Å². The minimum Gasteiger partial charge on any atom is -0.205 e. The van der Waals surface area contributed by atoms with Gasteiger partial charge in [0.15, 0.2) is 5.82 Å². The molecule has 0 amide bonds. The third kappa shape index (κ3) is 4.25. The predicted octanol–water partition coefficient (Wildman–Crippen LogP) is 7.39. The van der Waals surface area contributed by atoms with Gasteiger partial charge < -0.3 is 0 Å². The molecule has 4 heteroatoms. The quantitative estimate of drug-likeness (QED) is 0.495. The third-order valence-electron chi connectivity index (χ3n) is 5.93. The van der Waals surface area contributed by atoms with Crippen LogP contribution in [0.25, 0.3) is 11.1 Å². The molecule has 140 valence electrons. The van der Waals surface area contributed by atoms with E-state index in [4.69, 9.17) is 11.6 Å². The van der Waals surface area contributed by atoms with Crippen LogP contribution in [0.1, 0.15) is 63.9 Å². The lowest BCUT2D eigenvalue weighted by atomic mass is 9.73. The van der Waals surface area contributed by atoms with Crippen molar-refractivity contribution in [3.05, 3.63) is 52.8 Å². The van der Waals surface area contributed by atoms with Crippen LogP contribution in [-0.4, -0.2) is 4.98 Å². The zero-order chi connectivity index (χ0) is 18.7. The second-order valence-electron chi connectivity index (χ2n) is 7.58. The third-order valence-corrected chi connectivity index (χ3v) is 6.22. The summed E-state index contributed by atoms with van der Waals surface area (Å²) in [6.07, 6.45) is 7.93. The first-order valence-electron chi connectivity index (χ1n) is 9.61. The van der Waals surface area contributed by atoms with Gasteiger partial charge >= 0.3 is 0 Å². The molecule has 26 heavy (non-hydrogen) atoms. The van der Waals surface area contributed by atoms with E-state index in [9.17, 15) is 8.78 Å². The molecule has 1 aliphatic rings. The highest BCUT2D eigenvalue weighted by Gasteiger charge is 2.25. The fraction of sp³-hybridized carbons (Fsp3) is 0.500. The Morgan fingerprint density at radius 1 is 1.12 bits per heavy atom. The molecule has 0 aliphatic heterocycles. The second-order valence-corrected chi connectivity index (χ2v) is 7.94. The van der Waals surface area contributed by atoms with Crippen LogP contribution in [0.5, 0.6) is 0 Å². The Hall–Kier alpha value is -1.48.